The molecule has 11 nitrogen and oxygen atoms in total. The van der Waals surface area contributed by atoms with Crippen LogP contribution in [-0.2, 0) is 23.8 Å². The predicted octanol–water partition coefficient (Wildman–Crippen LogP) is 12.8. The van der Waals surface area contributed by atoms with Crippen LogP contribution in [0.4, 0.5) is 0 Å². The molecule has 71 heavy (non-hydrogen) atoms. The van der Waals surface area contributed by atoms with Crippen molar-refractivity contribution in [3.05, 3.63) is 72.9 Å². The van der Waals surface area contributed by atoms with E-state index >= 15 is 0 Å². The highest BCUT2D eigenvalue weighted by atomic mass is 16.7. The van der Waals surface area contributed by atoms with Crippen LogP contribution < -0.4 is 5.32 Å². The number of esters is 1. The van der Waals surface area contributed by atoms with Crippen LogP contribution in [-0.4, -0.2) is 99.6 Å². The van der Waals surface area contributed by atoms with Crippen LogP contribution >= 0.6 is 0 Å². The third-order valence-corrected chi connectivity index (χ3v) is 13.2. The third kappa shape index (κ3) is 36.6. The Morgan fingerprint density at radius 3 is 1.65 bits per heavy atom. The number of carbonyl (C=O) groups excluding carboxylic acids is 2. The van der Waals surface area contributed by atoms with Crippen molar-refractivity contribution < 1.29 is 49.3 Å². The number of hydrogen-bond donors (Lipinski definition) is 6. The van der Waals surface area contributed by atoms with Crippen molar-refractivity contribution in [1.29, 1.82) is 0 Å². The van der Waals surface area contributed by atoms with E-state index in [0.717, 1.165) is 89.9 Å². The predicted molar refractivity (Wildman–Crippen MR) is 292 cm³/mol. The molecule has 1 rings (SSSR count). The Kier molecular flexibility index (Phi) is 44.8. The molecule has 0 aromatic rings. The van der Waals surface area contributed by atoms with Gasteiger partial charge < -0.3 is 45.1 Å². The van der Waals surface area contributed by atoms with Crippen molar-refractivity contribution in [3.63, 3.8) is 0 Å². The van der Waals surface area contributed by atoms with E-state index in [9.17, 15) is 35.1 Å². The second-order valence-electron chi connectivity index (χ2n) is 19.7. The molecule has 0 aromatic carbocycles. The molecule has 1 saturated heterocycles. The van der Waals surface area contributed by atoms with E-state index in [4.69, 9.17) is 14.2 Å². The molecule has 8 atom stereocenters. The molecule has 0 radical (unpaired) electrons. The first-order valence-electron chi connectivity index (χ1n) is 28.7. The minimum absolute atomic E-state index is 0.0976. The largest absolute Gasteiger partial charge is 0.454 e. The summed E-state index contributed by atoms with van der Waals surface area (Å²) in [4.78, 5) is 26.4. The van der Waals surface area contributed by atoms with E-state index < -0.39 is 67.4 Å². The standard InChI is InChI=1S/C60H105NO10/c1-4-7-10-13-16-19-22-24-25-26-27-28-30-32-35-38-41-44-47-53(64)59(68)61-51(52(63)46-43-40-37-34-31-21-18-15-12-9-6-3)50-69-60-58(57(67)56(66)54(49-62)70-60)71-55(65)48-45-42-39-36-33-29-23-20-17-14-11-8-5-2/h8,11,14,16-17,19-20,23-25,43,46,51-54,56-58,60,62-64,66-67H,4-7,9-10,12-13,15,18,21-22,26-42,44-45,47-50H2,1-3H3,(H,61,68)/b11-8+,17-14+,19-16-,23-20-,25-24-,46-43+. The minimum Gasteiger partial charge on any atom is -0.454 e. The van der Waals surface area contributed by atoms with Gasteiger partial charge in [-0.05, 0) is 77.0 Å². The third-order valence-electron chi connectivity index (χ3n) is 13.2. The maximum atomic E-state index is 13.4. The van der Waals surface area contributed by atoms with Gasteiger partial charge in [-0.15, -0.1) is 0 Å². The summed E-state index contributed by atoms with van der Waals surface area (Å²) in [6.07, 6.45) is 49.5. The summed E-state index contributed by atoms with van der Waals surface area (Å²) >= 11 is 0. The number of nitrogens with one attached hydrogen (secondary N) is 1. The first-order valence-corrected chi connectivity index (χ1v) is 28.7. The van der Waals surface area contributed by atoms with Crippen LogP contribution in [0.15, 0.2) is 72.9 Å². The van der Waals surface area contributed by atoms with E-state index in [2.05, 4.69) is 68.6 Å². The second-order valence-corrected chi connectivity index (χ2v) is 19.7. The Balaban J connectivity index is 2.72. The Morgan fingerprint density at radius 1 is 0.577 bits per heavy atom. The first kappa shape index (κ1) is 66.1. The van der Waals surface area contributed by atoms with Crippen LogP contribution in [0.1, 0.15) is 233 Å². The number of carbonyl (C=O) groups is 2. The topological polar surface area (TPSA) is 175 Å². The molecular weight excluding hydrogens is 895 g/mol. The average molecular weight is 1000 g/mol. The SMILES string of the molecule is CC/C=C/C=C/C=C\CCCCCCCC(=O)OC1C(OCC(NC(=O)C(O)CCCCCCCCCC/C=C\C/C=C\CCCCC)C(O)/C=C/CCCCCCCCCCC)OC(CO)C(O)C1O. The maximum Gasteiger partial charge on any atom is 0.306 e. The van der Waals surface area contributed by atoms with Crippen LogP contribution in [0.5, 0.6) is 0 Å². The molecule has 410 valence electrons. The Bertz CT molecular complexity index is 1430. The number of amides is 1. The van der Waals surface area contributed by atoms with Crippen LogP contribution in [0.25, 0.3) is 0 Å². The smallest absolute Gasteiger partial charge is 0.306 e. The molecule has 1 amide bonds. The summed E-state index contributed by atoms with van der Waals surface area (Å²) in [6.45, 7) is 5.59. The van der Waals surface area contributed by atoms with Crippen molar-refractivity contribution in [2.45, 2.75) is 282 Å². The van der Waals surface area contributed by atoms with Crippen LogP contribution in [0.3, 0.4) is 0 Å². The lowest BCUT2D eigenvalue weighted by atomic mass is 9.99. The average Bonchev–Trinajstić information content (AvgIpc) is 3.37. The zero-order valence-corrected chi connectivity index (χ0v) is 45.1. The van der Waals surface area contributed by atoms with Gasteiger partial charge in [0.05, 0.1) is 25.4 Å². The molecule has 8 unspecified atom stereocenters. The van der Waals surface area contributed by atoms with Crippen molar-refractivity contribution in [2.24, 2.45) is 0 Å². The Hall–Kier alpha value is -2.90. The maximum absolute atomic E-state index is 13.4. The molecular formula is C60H105NO10. The molecule has 1 heterocycles. The molecule has 1 aliphatic rings. The number of unbranched alkanes of at least 4 members (excludes halogenated alkanes) is 25. The molecule has 0 spiro atoms. The summed E-state index contributed by atoms with van der Waals surface area (Å²) in [6, 6.07) is -1.03. The van der Waals surface area contributed by atoms with E-state index in [1.54, 1.807) is 6.08 Å². The highest BCUT2D eigenvalue weighted by Crippen LogP contribution is 2.26. The van der Waals surface area contributed by atoms with Gasteiger partial charge in [0.1, 0.15) is 24.4 Å². The van der Waals surface area contributed by atoms with Gasteiger partial charge in [-0.2, -0.15) is 0 Å². The van der Waals surface area contributed by atoms with Crippen molar-refractivity contribution in [1.82, 2.24) is 5.32 Å². The molecule has 0 aromatic heterocycles. The summed E-state index contributed by atoms with van der Waals surface area (Å²) in [5, 5.41) is 56.8. The molecule has 1 aliphatic heterocycles. The summed E-state index contributed by atoms with van der Waals surface area (Å²) in [7, 11) is 0. The van der Waals surface area contributed by atoms with Crippen LogP contribution in [0, 0.1) is 0 Å². The van der Waals surface area contributed by atoms with Crippen LogP contribution in [0.2, 0.25) is 0 Å². The fraction of sp³-hybridized carbons (Fsp3) is 0.767. The van der Waals surface area contributed by atoms with Gasteiger partial charge in [0, 0.05) is 6.42 Å². The highest BCUT2D eigenvalue weighted by molar-refractivity contribution is 5.80. The molecule has 0 bridgehead atoms. The molecule has 11 heteroatoms. The number of ether oxygens (including phenoxy) is 3. The van der Waals surface area contributed by atoms with Gasteiger partial charge in [-0.25, -0.2) is 0 Å². The molecule has 0 aliphatic carbocycles. The first-order chi connectivity index (χ1) is 34.7. The van der Waals surface area contributed by atoms with Gasteiger partial charge in [0.15, 0.2) is 12.4 Å². The minimum atomic E-state index is -1.62. The Labute approximate surface area is 432 Å². The van der Waals surface area contributed by atoms with Gasteiger partial charge >= 0.3 is 5.97 Å². The monoisotopic (exact) mass is 1000 g/mol. The van der Waals surface area contributed by atoms with Crippen molar-refractivity contribution >= 4 is 11.9 Å². The summed E-state index contributed by atoms with van der Waals surface area (Å²) in [5.41, 5.74) is 0. The summed E-state index contributed by atoms with van der Waals surface area (Å²) < 4.78 is 17.5. The quantitative estimate of drug-likeness (QED) is 0.0149. The van der Waals surface area contributed by atoms with E-state index in [1.165, 1.54) is 96.3 Å². The van der Waals surface area contributed by atoms with Gasteiger partial charge in [-0.1, -0.05) is 222 Å². The second kappa shape index (κ2) is 48.1. The molecule has 1 fully saturated rings. The fourth-order valence-corrected chi connectivity index (χ4v) is 8.56. The van der Waals surface area contributed by atoms with Gasteiger partial charge in [-0.3, -0.25) is 9.59 Å². The zero-order chi connectivity index (χ0) is 51.8. The summed E-state index contributed by atoms with van der Waals surface area (Å²) in [5.74, 6) is -1.22. The van der Waals surface area contributed by atoms with Gasteiger partial charge in [0.25, 0.3) is 0 Å². The Morgan fingerprint density at radius 2 is 1.07 bits per heavy atom. The number of aliphatic hydroxyl groups excluding tert-OH is 5. The highest BCUT2D eigenvalue weighted by Gasteiger charge is 2.47. The lowest BCUT2D eigenvalue weighted by Crippen LogP contribution is -2.61. The van der Waals surface area contributed by atoms with E-state index in [1.807, 2.05) is 24.3 Å². The van der Waals surface area contributed by atoms with Crippen molar-refractivity contribution in [3.8, 4) is 0 Å². The van der Waals surface area contributed by atoms with E-state index in [-0.39, 0.29) is 19.4 Å². The number of rotatable bonds is 47. The van der Waals surface area contributed by atoms with E-state index in [0.29, 0.717) is 12.8 Å². The number of allylic oxidation sites excluding steroid dienone is 11. The number of aliphatic hydroxyl groups is 5. The zero-order valence-electron chi connectivity index (χ0n) is 45.1. The fourth-order valence-electron chi connectivity index (χ4n) is 8.56. The molecule has 6 N–H and O–H groups in total. The normalized spacial score (nSPS) is 20.1. The lowest BCUT2D eigenvalue weighted by Gasteiger charge is -2.41. The number of hydrogen-bond acceptors (Lipinski definition) is 10. The molecule has 0 saturated carbocycles. The lowest BCUT2D eigenvalue weighted by molar-refractivity contribution is -0.305. The van der Waals surface area contributed by atoms with Crippen molar-refractivity contribution in [2.75, 3.05) is 13.2 Å². The van der Waals surface area contributed by atoms with Gasteiger partial charge in [0.2, 0.25) is 5.91 Å².